The smallest absolute Gasteiger partial charge is 0.234 e. The second kappa shape index (κ2) is 9.11. The van der Waals surface area contributed by atoms with Crippen LogP contribution < -0.4 is 10.1 Å². The van der Waals surface area contributed by atoms with Crippen LogP contribution in [0.15, 0.2) is 24.3 Å². The van der Waals surface area contributed by atoms with Gasteiger partial charge in [-0.25, -0.2) is 0 Å². The van der Waals surface area contributed by atoms with Gasteiger partial charge in [-0.2, -0.15) is 0 Å². The highest BCUT2D eigenvalue weighted by Crippen LogP contribution is 2.19. The summed E-state index contributed by atoms with van der Waals surface area (Å²) in [6.07, 6.45) is 2.73. The number of piperidine rings is 1. The average Bonchev–Trinajstić information content (AvgIpc) is 2.52. The number of aliphatic hydroxyl groups excluding tert-OH is 1. The Balaban J connectivity index is 1.68. The molecule has 23 heavy (non-hydrogen) atoms. The molecule has 0 saturated carbocycles. The molecule has 0 radical (unpaired) electrons. The fourth-order valence-corrected chi connectivity index (χ4v) is 3.10. The third-order valence-electron chi connectivity index (χ3n) is 4.06. The first kappa shape index (κ1) is 18.0. The van der Waals surface area contributed by atoms with Gasteiger partial charge in [-0.15, -0.1) is 0 Å². The van der Waals surface area contributed by atoms with Crippen LogP contribution in [0.4, 0.5) is 0 Å². The van der Waals surface area contributed by atoms with Crippen molar-refractivity contribution in [2.75, 3.05) is 26.2 Å². The first-order chi connectivity index (χ1) is 11.1. The minimum Gasteiger partial charge on any atom is -0.492 e. The summed E-state index contributed by atoms with van der Waals surface area (Å²) >= 11 is 5.88. The van der Waals surface area contributed by atoms with Crippen molar-refractivity contribution in [1.82, 2.24) is 10.2 Å². The van der Waals surface area contributed by atoms with Crippen LogP contribution in [-0.2, 0) is 4.79 Å². The van der Waals surface area contributed by atoms with E-state index in [1.54, 1.807) is 19.1 Å². The Morgan fingerprint density at radius 2 is 2.35 bits per heavy atom. The molecule has 6 heteroatoms. The molecular weight excluding hydrogens is 316 g/mol. The van der Waals surface area contributed by atoms with Crippen LogP contribution in [0.1, 0.15) is 26.2 Å². The van der Waals surface area contributed by atoms with Gasteiger partial charge in [0.2, 0.25) is 5.91 Å². The lowest BCUT2D eigenvalue weighted by atomic mass is 9.98. The highest BCUT2D eigenvalue weighted by atomic mass is 35.5. The van der Waals surface area contributed by atoms with Gasteiger partial charge in [-0.1, -0.05) is 24.1 Å². The molecule has 128 valence electrons. The number of likely N-dealkylation sites (tertiary alicyclic amines) is 1. The van der Waals surface area contributed by atoms with Crippen LogP contribution in [0.5, 0.6) is 5.75 Å². The van der Waals surface area contributed by atoms with E-state index in [2.05, 4.69) is 10.2 Å². The second-order valence-electron chi connectivity index (χ2n) is 5.93. The Bertz CT molecular complexity index is 510. The number of nitrogens with zero attached hydrogens (tertiary/aromatic N) is 1. The molecule has 2 unspecified atom stereocenters. The number of carbonyl (C=O) groups excluding carboxylic acids is 1. The van der Waals surface area contributed by atoms with Crippen LogP contribution in [0.25, 0.3) is 0 Å². The van der Waals surface area contributed by atoms with Crippen molar-refractivity contribution in [3.8, 4) is 5.75 Å². The number of carbonyl (C=O) groups is 1. The molecule has 1 fully saturated rings. The van der Waals surface area contributed by atoms with Crippen molar-refractivity contribution in [2.45, 2.75) is 38.3 Å². The van der Waals surface area contributed by atoms with E-state index in [1.165, 1.54) is 0 Å². The van der Waals surface area contributed by atoms with E-state index < -0.39 is 6.10 Å². The molecule has 1 amide bonds. The predicted octanol–water partition coefficient (Wildman–Crippen LogP) is 2.07. The molecule has 1 aromatic rings. The quantitative estimate of drug-likeness (QED) is 0.746. The van der Waals surface area contributed by atoms with Crippen molar-refractivity contribution in [3.05, 3.63) is 29.3 Å². The molecule has 1 aromatic carbocycles. The molecule has 1 heterocycles. The molecule has 2 atom stereocenters. The van der Waals surface area contributed by atoms with E-state index in [-0.39, 0.29) is 11.9 Å². The number of halogens is 1. The monoisotopic (exact) mass is 340 g/mol. The maximum atomic E-state index is 12.0. The number of ether oxygens (including phenoxy) is 1. The molecule has 1 aliphatic heterocycles. The van der Waals surface area contributed by atoms with E-state index in [9.17, 15) is 9.90 Å². The molecular formula is C17H25ClN2O3. The lowest BCUT2D eigenvalue weighted by molar-refractivity contribution is -0.124. The van der Waals surface area contributed by atoms with E-state index in [0.717, 1.165) is 25.8 Å². The molecule has 1 aliphatic rings. The van der Waals surface area contributed by atoms with Gasteiger partial charge in [0.1, 0.15) is 12.4 Å². The zero-order valence-electron chi connectivity index (χ0n) is 13.5. The fraction of sp³-hybridized carbons (Fsp3) is 0.588. The van der Waals surface area contributed by atoms with Crippen LogP contribution in [0.3, 0.4) is 0 Å². The van der Waals surface area contributed by atoms with Crippen LogP contribution in [0.2, 0.25) is 5.02 Å². The summed E-state index contributed by atoms with van der Waals surface area (Å²) in [5.41, 5.74) is 0. The van der Waals surface area contributed by atoms with Crippen LogP contribution >= 0.6 is 11.6 Å². The van der Waals surface area contributed by atoms with Gasteiger partial charge in [-0.3, -0.25) is 9.69 Å². The van der Waals surface area contributed by atoms with E-state index in [0.29, 0.717) is 30.5 Å². The SMILES string of the molecule is CC(O)C1CCCCN1CC(=O)NCCOc1cccc(Cl)c1. The normalized spacial score (nSPS) is 20.0. The van der Waals surface area contributed by atoms with Gasteiger partial charge >= 0.3 is 0 Å². The number of rotatable bonds is 7. The highest BCUT2D eigenvalue weighted by Gasteiger charge is 2.27. The zero-order valence-corrected chi connectivity index (χ0v) is 14.3. The summed E-state index contributed by atoms with van der Waals surface area (Å²) in [4.78, 5) is 14.1. The highest BCUT2D eigenvalue weighted by molar-refractivity contribution is 6.30. The number of hydrogen-bond acceptors (Lipinski definition) is 4. The summed E-state index contributed by atoms with van der Waals surface area (Å²) in [5, 5.41) is 13.3. The number of benzene rings is 1. The van der Waals surface area contributed by atoms with Gasteiger partial charge in [0, 0.05) is 11.1 Å². The molecule has 0 aliphatic carbocycles. The molecule has 0 aromatic heterocycles. The average molecular weight is 341 g/mol. The summed E-state index contributed by atoms with van der Waals surface area (Å²) < 4.78 is 5.53. The number of amides is 1. The Kier molecular flexibility index (Phi) is 7.15. The largest absolute Gasteiger partial charge is 0.492 e. The Hall–Kier alpha value is -1.30. The Labute approximate surface area is 142 Å². The predicted molar refractivity (Wildman–Crippen MR) is 90.8 cm³/mol. The third-order valence-corrected chi connectivity index (χ3v) is 4.29. The maximum absolute atomic E-state index is 12.0. The topological polar surface area (TPSA) is 61.8 Å². The van der Waals surface area contributed by atoms with Gasteiger partial charge in [0.05, 0.1) is 19.2 Å². The van der Waals surface area contributed by atoms with E-state index in [1.807, 2.05) is 12.1 Å². The molecule has 5 nitrogen and oxygen atoms in total. The van der Waals surface area contributed by atoms with Crippen molar-refractivity contribution >= 4 is 17.5 Å². The minimum absolute atomic E-state index is 0.0350. The van der Waals surface area contributed by atoms with E-state index in [4.69, 9.17) is 16.3 Å². The lowest BCUT2D eigenvalue weighted by Gasteiger charge is -2.36. The van der Waals surface area contributed by atoms with Gasteiger partial charge < -0.3 is 15.2 Å². The van der Waals surface area contributed by atoms with Crippen LogP contribution in [-0.4, -0.2) is 54.3 Å². The standard InChI is InChI=1S/C17H25ClN2O3/c1-13(21)16-7-2-3-9-20(16)12-17(22)19-8-10-23-15-6-4-5-14(18)11-15/h4-6,11,13,16,21H,2-3,7-10,12H2,1H3,(H,19,22). The zero-order chi connectivity index (χ0) is 16.7. The number of aliphatic hydroxyl groups is 1. The van der Waals surface area contributed by atoms with Gasteiger partial charge in [0.15, 0.2) is 0 Å². The van der Waals surface area contributed by atoms with Crippen molar-refractivity contribution in [2.24, 2.45) is 0 Å². The first-order valence-electron chi connectivity index (χ1n) is 8.13. The minimum atomic E-state index is -0.408. The van der Waals surface area contributed by atoms with Crippen molar-refractivity contribution in [1.29, 1.82) is 0 Å². The second-order valence-corrected chi connectivity index (χ2v) is 6.37. The van der Waals surface area contributed by atoms with Gasteiger partial charge in [0.25, 0.3) is 0 Å². The summed E-state index contributed by atoms with van der Waals surface area (Å²) in [6.45, 7) is 3.82. The molecule has 0 bridgehead atoms. The Morgan fingerprint density at radius 3 is 3.09 bits per heavy atom. The molecule has 0 spiro atoms. The molecule has 1 saturated heterocycles. The molecule has 2 rings (SSSR count). The lowest BCUT2D eigenvalue weighted by Crippen LogP contribution is -2.50. The summed E-state index contributed by atoms with van der Waals surface area (Å²) in [5.74, 6) is 0.657. The van der Waals surface area contributed by atoms with Crippen LogP contribution in [0, 0.1) is 0 Å². The number of hydrogen-bond donors (Lipinski definition) is 2. The van der Waals surface area contributed by atoms with E-state index >= 15 is 0 Å². The molecule has 2 N–H and O–H groups in total. The summed E-state index contributed by atoms with van der Waals surface area (Å²) in [6, 6.07) is 7.26. The van der Waals surface area contributed by atoms with Gasteiger partial charge in [-0.05, 0) is 44.5 Å². The maximum Gasteiger partial charge on any atom is 0.234 e. The van der Waals surface area contributed by atoms with Crippen molar-refractivity contribution < 1.29 is 14.6 Å². The third kappa shape index (κ3) is 6.01. The van der Waals surface area contributed by atoms with Crippen molar-refractivity contribution in [3.63, 3.8) is 0 Å². The number of nitrogens with one attached hydrogen (secondary N) is 1. The Morgan fingerprint density at radius 1 is 1.52 bits per heavy atom. The fourth-order valence-electron chi connectivity index (χ4n) is 2.92. The summed E-state index contributed by atoms with van der Waals surface area (Å²) in [7, 11) is 0. The first-order valence-corrected chi connectivity index (χ1v) is 8.51.